The van der Waals surface area contributed by atoms with Crippen LogP contribution in [0.15, 0.2) is 42.5 Å². The molecule has 0 N–H and O–H groups in total. The fourth-order valence-corrected chi connectivity index (χ4v) is 4.85. The average molecular weight is 424 g/mol. The molecule has 1 unspecified atom stereocenters. The maximum atomic E-state index is 13.1. The number of likely N-dealkylation sites (tertiary alicyclic amines) is 1. The summed E-state index contributed by atoms with van der Waals surface area (Å²) in [6, 6.07) is 14.4. The first kappa shape index (κ1) is 21.5. The molecule has 2 heterocycles. The molecule has 0 radical (unpaired) electrons. The van der Waals surface area contributed by atoms with Crippen molar-refractivity contribution >= 4 is 11.6 Å². The van der Waals surface area contributed by atoms with Gasteiger partial charge in [0.05, 0.1) is 19.9 Å². The summed E-state index contributed by atoms with van der Waals surface area (Å²) in [5, 5.41) is 0. The molecule has 2 aliphatic rings. The van der Waals surface area contributed by atoms with Crippen molar-refractivity contribution in [1.82, 2.24) is 9.80 Å². The van der Waals surface area contributed by atoms with E-state index in [1.165, 1.54) is 5.69 Å². The topological polar surface area (TPSA) is 45.2 Å². The van der Waals surface area contributed by atoms with Crippen LogP contribution in [-0.2, 0) is 0 Å². The number of nitrogens with zero attached hydrogens (tertiary/aromatic N) is 3. The first-order valence-corrected chi connectivity index (χ1v) is 11.2. The van der Waals surface area contributed by atoms with E-state index in [1.807, 2.05) is 42.2 Å². The van der Waals surface area contributed by atoms with E-state index in [9.17, 15) is 4.79 Å². The first-order chi connectivity index (χ1) is 15.1. The Balaban J connectivity index is 1.37. The Morgan fingerprint density at radius 1 is 0.935 bits per heavy atom. The van der Waals surface area contributed by atoms with Crippen molar-refractivity contribution in [1.29, 1.82) is 0 Å². The van der Waals surface area contributed by atoms with E-state index >= 15 is 0 Å². The average Bonchev–Trinajstić information content (AvgIpc) is 2.83. The van der Waals surface area contributed by atoms with Gasteiger partial charge in [0, 0.05) is 50.9 Å². The Morgan fingerprint density at radius 3 is 2.39 bits per heavy atom. The Hall–Kier alpha value is -2.73. The lowest BCUT2D eigenvalue weighted by atomic mass is 10.0. The summed E-state index contributed by atoms with van der Waals surface area (Å²) in [5.74, 6) is 1.88. The van der Waals surface area contributed by atoms with Crippen molar-refractivity contribution in [2.24, 2.45) is 0 Å². The Kier molecular flexibility index (Phi) is 6.66. The number of hydrogen-bond donors (Lipinski definition) is 0. The van der Waals surface area contributed by atoms with Crippen molar-refractivity contribution in [3.05, 3.63) is 53.6 Å². The van der Waals surface area contributed by atoms with Gasteiger partial charge in [-0.3, -0.25) is 9.69 Å². The van der Waals surface area contributed by atoms with E-state index in [2.05, 4.69) is 21.9 Å². The third-order valence-electron chi connectivity index (χ3n) is 6.58. The molecule has 1 amide bonds. The summed E-state index contributed by atoms with van der Waals surface area (Å²) in [5.41, 5.74) is 2.91. The summed E-state index contributed by atoms with van der Waals surface area (Å²) >= 11 is 0. The number of piperazine rings is 1. The molecule has 0 saturated carbocycles. The molecule has 2 fully saturated rings. The molecule has 2 saturated heterocycles. The maximum absolute atomic E-state index is 13.1. The highest BCUT2D eigenvalue weighted by molar-refractivity contribution is 5.94. The number of para-hydroxylation sites is 2. The third kappa shape index (κ3) is 4.64. The molecule has 2 aromatic rings. The fraction of sp³-hybridized carbons (Fsp3) is 0.480. The molecule has 1 atom stereocenters. The van der Waals surface area contributed by atoms with Gasteiger partial charge in [0.2, 0.25) is 0 Å². The van der Waals surface area contributed by atoms with Gasteiger partial charge in [0.15, 0.2) is 0 Å². The zero-order chi connectivity index (χ0) is 21.8. The van der Waals surface area contributed by atoms with Gasteiger partial charge in [0.25, 0.3) is 5.91 Å². The summed E-state index contributed by atoms with van der Waals surface area (Å²) < 4.78 is 10.9. The Bertz CT molecular complexity index is 909. The van der Waals surface area contributed by atoms with Gasteiger partial charge in [-0.05, 0) is 55.7 Å². The molecule has 31 heavy (non-hydrogen) atoms. The van der Waals surface area contributed by atoms with Gasteiger partial charge in [-0.1, -0.05) is 12.1 Å². The predicted octanol–water partition coefficient (Wildman–Crippen LogP) is 3.44. The van der Waals surface area contributed by atoms with Crippen molar-refractivity contribution in [3.8, 4) is 11.5 Å². The van der Waals surface area contributed by atoms with Crippen molar-refractivity contribution in [2.75, 3.05) is 58.4 Å². The van der Waals surface area contributed by atoms with Crippen LogP contribution in [0.25, 0.3) is 0 Å². The minimum Gasteiger partial charge on any atom is -0.496 e. The number of amides is 1. The van der Waals surface area contributed by atoms with Crippen molar-refractivity contribution in [2.45, 2.75) is 25.8 Å². The molecule has 6 heteroatoms. The molecule has 166 valence electrons. The molecule has 6 nitrogen and oxygen atoms in total. The highest BCUT2D eigenvalue weighted by Crippen LogP contribution is 2.29. The van der Waals surface area contributed by atoms with E-state index in [0.717, 1.165) is 74.7 Å². The zero-order valence-electron chi connectivity index (χ0n) is 18.8. The predicted molar refractivity (Wildman–Crippen MR) is 123 cm³/mol. The van der Waals surface area contributed by atoms with Crippen LogP contribution in [0.1, 0.15) is 28.8 Å². The van der Waals surface area contributed by atoms with Gasteiger partial charge in [-0.25, -0.2) is 0 Å². The number of ether oxygens (including phenoxy) is 2. The molecule has 2 aliphatic heterocycles. The number of anilines is 1. The second-order valence-corrected chi connectivity index (χ2v) is 8.43. The van der Waals surface area contributed by atoms with E-state index in [0.29, 0.717) is 6.04 Å². The molecular formula is C25H33N3O3. The van der Waals surface area contributed by atoms with Crippen molar-refractivity contribution < 1.29 is 14.3 Å². The van der Waals surface area contributed by atoms with E-state index in [4.69, 9.17) is 9.47 Å². The van der Waals surface area contributed by atoms with E-state index < -0.39 is 0 Å². The number of benzene rings is 2. The van der Waals surface area contributed by atoms with Crippen molar-refractivity contribution in [3.63, 3.8) is 0 Å². The van der Waals surface area contributed by atoms with E-state index in [-0.39, 0.29) is 5.91 Å². The molecule has 0 spiro atoms. The lowest BCUT2D eigenvalue weighted by Crippen LogP contribution is -2.55. The summed E-state index contributed by atoms with van der Waals surface area (Å²) in [4.78, 5) is 20.1. The fourth-order valence-electron chi connectivity index (χ4n) is 4.85. The number of rotatable bonds is 5. The SMILES string of the molecule is COc1ccc(C(=O)N2CCCC(N3CCN(c4ccccc4OC)CC3)C2)cc1C. The number of carbonyl (C=O) groups excluding carboxylic acids is 1. The smallest absolute Gasteiger partial charge is 0.253 e. The number of aryl methyl sites for hydroxylation is 1. The van der Waals surface area contributed by atoms with Gasteiger partial charge in [0.1, 0.15) is 11.5 Å². The molecule has 4 rings (SSSR count). The van der Waals surface area contributed by atoms with Gasteiger partial charge < -0.3 is 19.3 Å². The van der Waals surface area contributed by atoms with Gasteiger partial charge in [-0.2, -0.15) is 0 Å². The third-order valence-corrected chi connectivity index (χ3v) is 6.58. The lowest BCUT2D eigenvalue weighted by Gasteiger charge is -2.44. The zero-order valence-corrected chi connectivity index (χ0v) is 18.8. The summed E-state index contributed by atoms with van der Waals surface area (Å²) in [7, 11) is 3.39. The minimum atomic E-state index is 0.128. The monoisotopic (exact) mass is 423 g/mol. The van der Waals surface area contributed by atoms with Crippen LogP contribution < -0.4 is 14.4 Å². The number of hydrogen-bond acceptors (Lipinski definition) is 5. The second-order valence-electron chi connectivity index (χ2n) is 8.43. The van der Waals surface area contributed by atoms with Crippen LogP contribution in [-0.4, -0.2) is 75.2 Å². The highest BCUT2D eigenvalue weighted by atomic mass is 16.5. The highest BCUT2D eigenvalue weighted by Gasteiger charge is 2.31. The number of methoxy groups -OCH3 is 2. The van der Waals surface area contributed by atoms with Crippen LogP contribution in [0.2, 0.25) is 0 Å². The molecule has 0 aromatic heterocycles. The summed E-state index contributed by atoms with van der Waals surface area (Å²) in [6.07, 6.45) is 2.21. The Labute approximate surface area is 185 Å². The number of piperidine rings is 1. The first-order valence-electron chi connectivity index (χ1n) is 11.2. The van der Waals surface area contributed by atoms with Crippen LogP contribution in [0, 0.1) is 6.92 Å². The van der Waals surface area contributed by atoms with E-state index in [1.54, 1.807) is 14.2 Å². The summed E-state index contributed by atoms with van der Waals surface area (Å²) in [6.45, 7) is 7.58. The normalized spacial score (nSPS) is 19.9. The molecule has 0 aliphatic carbocycles. The maximum Gasteiger partial charge on any atom is 0.253 e. The quantitative estimate of drug-likeness (QED) is 0.737. The molecule has 2 aromatic carbocycles. The molecule has 0 bridgehead atoms. The standard InChI is InChI=1S/C25H33N3O3/c1-19-17-20(10-11-23(19)30-2)25(29)28-12-6-7-21(18-28)26-13-15-27(16-14-26)22-8-4-5-9-24(22)31-3/h4-5,8-11,17,21H,6-7,12-16,18H2,1-3H3. The lowest BCUT2D eigenvalue weighted by molar-refractivity contribution is 0.0563. The van der Waals surface area contributed by atoms with Gasteiger partial charge in [-0.15, -0.1) is 0 Å². The minimum absolute atomic E-state index is 0.128. The van der Waals surface area contributed by atoms with Crippen LogP contribution >= 0.6 is 0 Å². The van der Waals surface area contributed by atoms with Crippen LogP contribution in [0.4, 0.5) is 5.69 Å². The largest absolute Gasteiger partial charge is 0.496 e. The molecular weight excluding hydrogens is 390 g/mol. The van der Waals surface area contributed by atoms with Crippen LogP contribution in [0.3, 0.4) is 0 Å². The second kappa shape index (κ2) is 9.60. The Morgan fingerprint density at radius 2 is 1.68 bits per heavy atom. The van der Waals surface area contributed by atoms with Gasteiger partial charge >= 0.3 is 0 Å². The van der Waals surface area contributed by atoms with Crippen LogP contribution in [0.5, 0.6) is 11.5 Å². The number of carbonyl (C=O) groups is 1.